The standard InChI is InChI=1S/C15H13ClF3N7O3/c16-8-3-1-7(2-4-8)13-24-26(6-10-21-12(11(20)28)23-22-10)14(29)25(13)5-9(27)15(17,18)19/h1-4,9,27H,5-6H2,(H2,20,28)(H,21,22,23). The van der Waals surface area contributed by atoms with Crippen molar-refractivity contribution in [2.75, 3.05) is 0 Å². The zero-order valence-electron chi connectivity index (χ0n) is 14.4. The van der Waals surface area contributed by atoms with E-state index in [1.165, 1.54) is 24.3 Å². The fourth-order valence-corrected chi connectivity index (χ4v) is 2.53. The maximum Gasteiger partial charge on any atom is 0.416 e. The largest absolute Gasteiger partial charge is 0.416 e. The number of aromatic nitrogens is 6. The number of rotatable bonds is 6. The predicted octanol–water partition coefficient (Wildman–Crippen LogP) is 0.554. The summed E-state index contributed by atoms with van der Waals surface area (Å²) in [5, 5.41) is 19.8. The minimum atomic E-state index is -4.93. The molecule has 0 saturated carbocycles. The molecule has 0 saturated heterocycles. The molecule has 0 aliphatic carbocycles. The van der Waals surface area contributed by atoms with E-state index >= 15 is 0 Å². The Morgan fingerprint density at radius 1 is 1.31 bits per heavy atom. The van der Waals surface area contributed by atoms with E-state index in [9.17, 15) is 27.9 Å². The number of aliphatic hydroxyl groups excluding tert-OH is 1. The zero-order chi connectivity index (χ0) is 21.3. The summed E-state index contributed by atoms with van der Waals surface area (Å²) in [5.74, 6) is -1.29. The fraction of sp³-hybridized carbons (Fsp3) is 0.267. The second-order valence-corrected chi connectivity index (χ2v) is 6.34. The lowest BCUT2D eigenvalue weighted by atomic mass is 10.2. The van der Waals surface area contributed by atoms with Crippen LogP contribution in [0.2, 0.25) is 5.02 Å². The first kappa shape index (κ1) is 20.5. The van der Waals surface area contributed by atoms with E-state index in [1.54, 1.807) is 0 Å². The molecule has 0 radical (unpaired) electrons. The molecule has 3 rings (SSSR count). The molecule has 0 fully saturated rings. The van der Waals surface area contributed by atoms with E-state index in [1.807, 2.05) is 0 Å². The number of halogens is 4. The summed E-state index contributed by atoms with van der Waals surface area (Å²) >= 11 is 5.81. The Balaban J connectivity index is 2.03. The Bertz CT molecular complexity index is 1090. The number of amides is 1. The predicted molar refractivity (Wildman–Crippen MR) is 93.0 cm³/mol. The number of nitrogens with one attached hydrogen (secondary N) is 1. The van der Waals surface area contributed by atoms with Gasteiger partial charge in [-0.05, 0) is 24.3 Å². The molecule has 4 N–H and O–H groups in total. The molecule has 29 heavy (non-hydrogen) atoms. The summed E-state index contributed by atoms with van der Waals surface area (Å²) in [4.78, 5) is 27.5. The molecule has 0 aliphatic heterocycles. The van der Waals surface area contributed by atoms with E-state index in [4.69, 9.17) is 17.3 Å². The Labute approximate surface area is 164 Å². The molecule has 1 unspecified atom stereocenters. The summed E-state index contributed by atoms with van der Waals surface area (Å²) < 4.78 is 39.9. The number of benzene rings is 1. The van der Waals surface area contributed by atoms with Crippen molar-refractivity contribution in [3.63, 3.8) is 0 Å². The Morgan fingerprint density at radius 3 is 2.52 bits per heavy atom. The zero-order valence-corrected chi connectivity index (χ0v) is 15.1. The van der Waals surface area contributed by atoms with Gasteiger partial charge in [0, 0.05) is 10.6 Å². The first-order chi connectivity index (χ1) is 13.6. The van der Waals surface area contributed by atoms with Gasteiger partial charge < -0.3 is 10.8 Å². The number of primary amides is 1. The maximum absolute atomic E-state index is 12.8. The number of aromatic amines is 1. The van der Waals surface area contributed by atoms with Gasteiger partial charge in [-0.3, -0.25) is 14.5 Å². The van der Waals surface area contributed by atoms with Gasteiger partial charge >= 0.3 is 11.9 Å². The molecule has 154 valence electrons. The third-order valence-corrected chi connectivity index (χ3v) is 4.07. The molecule has 0 aliphatic rings. The molecule has 3 aromatic rings. The van der Waals surface area contributed by atoms with Crippen LogP contribution in [0.1, 0.15) is 16.4 Å². The minimum Gasteiger partial charge on any atom is -0.382 e. The monoisotopic (exact) mass is 431 g/mol. The van der Waals surface area contributed by atoms with Gasteiger partial charge in [-0.1, -0.05) is 11.6 Å². The van der Waals surface area contributed by atoms with Gasteiger partial charge in [0.25, 0.3) is 5.91 Å². The van der Waals surface area contributed by atoms with Crippen molar-refractivity contribution in [1.29, 1.82) is 0 Å². The van der Waals surface area contributed by atoms with Crippen molar-refractivity contribution in [1.82, 2.24) is 29.5 Å². The highest BCUT2D eigenvalue weighted by atomic mass is 35.5. The van der Waals surface area contributed by atoms with Crippen LogP contribution in [0.5, 0.6) is 0 Å². The van der Waals surface area contributed by atoms with E-state index < -0.39 is 30.4 Å². The van der Waals surface area contributed by atoms with Gasteiger partial charge in [0.15, 0.2) is 17.8 Å². The molecule has 10 nitrogen and oxygen atoms in total. The van der Waals surface area contributed by atoms with Gasteiger partial charge in [0.2, 0.25) is 5.82 Å². The number of carbonyl (C=O) groups is 1. The Hall–Kier alpha value is -3.19. The third-order valence-electron chi connectivity index (χ3n) is 3.81. The minimum absolute atomic E-state index is 0.0374. The fourth-order valence-electron chi connectivity index (χ4n) is 2.41. The van der Waals surface area contributed by atoms with E-state index in [2.05, 4.69) is 20.3 Å². The topological polar surface area (TPSA) is 145 Å². The van der Waals surface area contributed by atoms with E-state index in [0.29, 0.717) is 15.2 Å². The van der Waals surface area contributed by atoms with Crippen molar-refractivity contribution in [2.24, 2.45) is 5.73 Å². The van der Waals surface area contributed by atoms with Gasteiger partial charge in [-0.25, -0.2) is 14.5 Å². The second-order valence-electron chi connectivity index (χ2n) is 5.90. The molecule has 2 heterocycles. The first-order valence-corrected chi connectivity index (χ1v) is 8.33. The van der Waals surface area contributed by atoms with Crippen LogP contribution in [0.4, 0.5) is 13.2 Å². The summed E-state index contributed by atoms with van der Waals surface area (Å²) in [6, 6.07) is 5.87. The molecular formula is C15H13ClF3N7O3. The second kappa shape index (κ2) is 7.67. The quantitative estimate of drug-likeness (QED) is 0.520. The smallest absolute Gasteiger partial charge is 0.382 e. The Morgan fingerprint density at radius 2 is 1.97 bits per heavy atom. The number of hydrogen-bond acceptors (Lipinski definition) is 6. The lowest BCUT2D eigenvalue weighted by Crippen LogP contribution is -2.37. The average Bonchev–Trinajstić information content (AvgIpc) is 3.22. The van der Waals surface area contributed by atoms with Crippen LogP contribution >= 0.6 is 11.6 Å². The number of H-pyrrole nitrogens is 1. The van der Waals surface area contributed by atoms with Crippen LogP contribution in [0, 0.1) is 0 Å². The molecular weight excluding hydrogens is 419 g/mol. The van der Waals surface area contributed by atoms with Crippen molar-refractivity contribution < 1.29 is 23.1 Å². The average molecular weight is 432 g/mol. The maximum atomic E-state index is 12.8. The van der Waals surface area contributed by atoms with Crippen LogP contribution in [-0.2, 0) is 13.1 Å². The molecule has 1 amide bonds. The van der Waals surface area contributed by atoms with Gasteiger partial charge in [0.05, 0.1) is 6.54 Å². The summed E-state index contributed by atoms with van der Waals surface area (Å²) in [5.41, 5.74) is 4.41. The van der Waals surface area contributed by atoms with Crippen LogP contribution in [0.3, 0.4) is 0 Å². The summed E-state index contributed by atoms with van der Waals surface area (Å²) in [6.07, 6.45) is -7.72. The van der Waals surface area contributed by atoms with Crippen molar-refractivity contribution in [3.05, 3.63) is 51.4 Å². The van der Waals surface area contributed by atoms with Crippen molar-refractivity contribution >= 4 is 17.5 Å². The van der Waals surface area contributed by atoms with E-state index in [-0.39, 0.29) is 24.0 Å². The number of carbonyl (C=O) groups excluding carboxylic acids is 1. The van der Waals surface area contributed by atoms with Crippen molar-refractivity contribution in [3.8, 4) is 11.4 Å². The van der Waals surface area contributed by atoms with Crippen LogP contribution < -0.4 is 11.4 Å². The lowest BCUT2D eigenvalue weighted by Gasteiger charge is -2.15. The molecule has 1 aromatic carbocycles. The number of hydrogen-bond donors (Lipinski definition) is 3. The highest BCUT2D eigenvalue weighted by Crippen LogP contribution is 2.24. The lowest BCUT2D eigenvalue weighted by molar-refractivity contribution is -0.207. The van der Waals surface area contributed by atoms with Gasteiger partial charge in [-0.2, -0.15) is 18.3 Å². The third kappa shape index (κ3) is 4.46. The van der Waals surface area contributed by atoms with Gasteiger partial charge in [-0.15, -0.1) is 5.10 Å². The number of nitrogens with zero attached hydrogens (tertiary/aromatic N) is 5. The number of alkyl halides is 3. The number of nitrogens with two attached hydrogens (primary N) is 1. The van der Waals surface area contributed by atoms with Crippen LogP contribution in [0.25, 0.3) is 11.4 Å². The van der Waals surface area contributed by atoms with Crippen LogP contribution in [0.15, 0.2) is 29.1 Å². The van der Waals surface area contributed by atoms with Gasteiger partial charge in [0.1, 0.15) is 6.54 Å². The molecule has 14 heteroatoms. The highest BCUT2D eigenvalue weighted by molar-refractivity contribution is 6.30. The normalized spacial score (nSPS) is 12.9. The SMILES string of the molecule is NC(=O)c1nc(Cn2nc(-c3ccc(Cl)cc3)n(CC(O)C(F)(F)F)c2=O)n[nH]1. The summed E-state index contributed by atoms with van der Waals surface area (Å²) in [7, 11) is 0. The Kier molecular flexibility index (Phi) is 5.44. The number of aliphatic hydroxyl groups is 1. The van der Waals surface area contributed by atoms with Crippen LogP contribution in [-0.4, -0.2) is 52.8 Å². The van der Waals surface area contributed by atoms with Crippen molar-refractivity contribution in [2.45, 2.75) is 25.4 Å². The summed E-state index contributed by atoms with van der Waals surface area (Å²) in [6.45, 7) is -1.42. The molecule has 1 atom stereocenters. The molecule has 0 bridgehead atoms. The first-order valence-electron chi connectivity index (χ1n) is 7.95. The molecule has 0 spiro atoms. The highest BCUT2D eigenvalue weighted by Gasteiger charge is 2.39. The molecule has 2 aromatic heterocycles. The van der Waals surface area contributed by atoms with E-state index in [0.717, 1.165) is 4.68 Å².